The Morgan fingerprint density at radius 1 is 1.35 bits per heavy atom. The Hall–Kier alpha value is -1.79. The van der Waals surface area contributed by atoms with Gasteiger partial charge in [-0.1, -0.05) is 23.7 Å². The summed E-state index contributed by atoms with van der Waals surface area (Å²) in [6, 6.07) is 8.39. The molecule has 1 aromatic heterocycles. The number of rotatable bonds is 4. The highest BCUT2D eigenvalue weighted by Crippen LogP contribution is 2.18. The highest BCUT2D eigenvalue weighted by Gasteiger charge is 2.12. The first-order valence-corrected chi connectivity index (χ1v) is 7.86. The largest absolute Gasteiger partial charge is 0.399 e. The van der Waals surface area contributed by atoms with Crippen LogP contribution in [0, 0.1) is 6.92 Å². The summed E-state index contributed by atoms with van der Waals surface area (Å²) in [7, 11) is -3.52. The Balaban J connectivity index is 2.17. The monoisotopic (exact) mass is 311 g/mol. The quantitative estimate of drug-likeness (QED) is 0.671. The maximum absolute atomic E-state index is 12.1. The van der Waals surface area contributed by atoms with Gasteiger partial charge in [0, 0.05) is 5.69 Å². The molecule has 0 bridgehead atoms. The van der Waals surface area contributed by atoms with Crippen molar-refractivity contribution >= 4 is 33.0 Å². The summed E-state index contributed by atoms with van der Waals surface area (Å²) >= 11 is 5.80. The number of nitrogens with zero attached hydrogens (tertiary/aromatic N) is 1. The molecule has 0 aliphatic carbocycles. The van der Waals surface area contributed by atoms with Gasteiger partial charge in [0.15, 0.2) is 0 Å². The molecule has 2 aromatic rings. The molecule has 0 aliphatic heterocycles. The lowest BCUT2D eigenvalue weighted by Gasteiger charge is -2.09. The van der Waals surface area contributed by atoms with Crippen LogP contribution in [0.2, 0.25) is 5.15 Å². The lowest BCUT2D eigenvalue weighted by Crippen LogP contribution is -2.15. The molecule has 20 heavy (non-hydrogen) atoms. The van der Waals surface area contributed by atoms with Crippen LogP contribution in [0.25, 0.3) is 0 Å². The minimum atomic E-state index is -3.52. The van der Waals surface area contributed by atoms with Gasteiger partial charge >= 0.3 is 0 Å². The second-order valence-electron chi connectivity index (χ2n) is 4.44. The van der Waals surface area contributed by atoms with Crippen molar-refractivity contribution in [1.29, 1.82) is 0 Å². The lowest BCUT2D eigenvalue weighted by atomic mass is 10.2. The van der Waals surface area contributed by atoms with Gasteiger partial charge in [-0.25, -0.2) is 13.4 Å². The van der Waals surface area contributed by atoms with Crippen molar-refractivity contribution in [1.82, 2.24) is 4.98 Å². The van der Waals surface area contributed by atoms with Crippen LogP contribution < -0.4 is 10.5 Å². The molecule has 2 rings (SSSR count). The summed E-state index contributed by atoms with van der Waals surface area (Å²) in [6.45, 7) is 1.75. The second kappa shape index (κ2) is 5.68. The number of nitrogens with two attached hydrogens (primary N) is 1. The molecule has 0 saturated heterocycles. The standard InChI is InChI=1S/C13H14ClN3O2S/c1-9-5-12(7-16-13(9)14)17-20(18,19)8-10-3-2-4-11(15)6-10/h2-7,17H,8,15H2,1H3. The maximum Gasteiger partial charge on any atom is 0.236 e. The number of pyridine rings is 1. The van der Waals surface area contributed by atoms with E-state index >= 15 is 0 Å². The van der Waals surface area contributed by atoms with Crippen LogP contribution in [0.15, 0.2) is 36.5 Å². The number of aromatic nitrogens is 1. The van der Waals surface area contributed by atoms with Crippen molar-refractivity contribution in [3.63, 3.8) is 0 Å². The van der Waals surface area contributed by atoms with E-state index in [1.165, 1.54) is 6.20 Å². The van der Waals surface area contributed by atoms with Gasteiger partial charge in [0.2, 0.25) is 10.0 Å². The summed E-state index contributed by atoms with van der Waals surface area (Å²) in [6.07, 6.45) is 1.38. The molecule has 0 amide bonds. The van der Waals surface area contributed by atoms with Crippen LogP contribution in [-0.2, 0) is 15.8 Å². The second-order valence-corrected chi connectivity index (χ2v) is 6.52. The summed E-state index contributed by atoms with van der Waals surface area (Å²) in [5, 5.41) is 0.351. The van der Waals surface area contributed by atoms with Crippen molar-refractivity contribution < 1.29 is 8.42 Å². The molecule has 0 radical (unpaired) electrons. The molecule has 5 nitrogen and oxygen atoms in total. The fraction of sp³-hybridized carbons (Fsp3) is 0.154. The third kappa shape index (κ3) is 3.85. The first-order chi connectivity index (χ1) is 9.35. The van der Waals surface area contributed by atoms with Gasteiger partial charge in [0.25, 0.3) is 0 Å². The molecule has 0 atom stereocenters. The number of hydrogen-bond donors (Lipinski definition) is 2. The van der Waals surface area contributed by atoms with Gasteiger partial charge in [-0.05, 0) is 36.2 Å². The van der Waals surface area contributed by atoms with Gasteiger partial charge < -0.3 is 5.73 Å². The Labute approximate surface area is 122 Å². The fourth-order valence-corrected chi connectivity index (χ4v) is 3.00. The molecule has 0 fully saturated rings. The molecule has 3 N–H and O–H groups in total. The average Bonchev–Trinajstić information content (AvgIpc) is 2.33. The fourth-order valence-electron chi connectivity index (χ4n) is 1.73. The highest BCUT2D eigenvalue weighted by molar-refractivity contribution is 7.91. The van der Waals surface area contributed by atoms with Crippen LogP contribution in [0.4, 0.5) is 11.4 Å². The minimum Gasteiger partial charge on any atom is -0.399 e. The smallest absolute Gasteiger partial charge is 0.236 e. The van der Waals surface area contributed by atoms with Gasteiger partial charge in [0.1, 0.15) is 5.15 Å². The first kappa shape index (κ1) is 14.6. The number of anilines is 2. The molecule has 1 heterocycles. The Morgan fingerprint density at radius 2 is 2.10 bits per heavy atom. The van der Waals surface area contributed by atoms with Crippen molar-refractivity contribution in [2.24, 2.45) is 0 Å². The molecule has 7 heteroatoms. The summed E-state index contributed by atoms with van der Waals surface area (Å²) in [5.41, 5.74) is 7.87. The van der Waals surface area contributed by atoms with E-state index in [-0.39, 0.29) is 5.75 Å². The van der Waals surface area contributed by atoms with Crippen LogP contribution in [0.1, 0.15) is 11.1 Å². The van der Waals surface area contributed by atoms with Crippen molar-refractivity contribution in [3.8, 4) is 0 Å². The number of nitrogen functional groups attached to an aromatic ring is 1. The van der Waals surface area contributed by atoms with E-state index in [1.807, 2.05) is 0 Å². The van der Waals surface area contributed by atoms with E-state index in [0.717, 1.165) is 0 Å². The van der Waals surface area contributed by atoms with Crippen molar-refractivity contribution in [2.75, 3.05) is 10.5 Å². The number of benzene rings is 1. The number of halogens is 1. The molecule has 0 saturated carbocycles. The van der Waals surface area contributed by atoms with Crippen LogP contribution in [-0.4, -0.2) is 13.4 Å². The predicted octanol–water partition coefficient (Wildman–Crippen LogP) is 2.57. The average molecular weight is 312 g/mol. The maximum atomic E-state index is 12.1. The lowest BCUT2D eigenvalue weighted by molar-refractivity contribution is 0.600. The first-order valence-electron chi connectivity index (χ1n) is 5.83. The zero-order valence-corrected chi connectivity index (χ0v) is 12.4. The Morgan fingerprint density at radius 3 is 2.75 bits per heavy atom. The summed E-state index contributed by atoms with van der Waals surface area (Å²) in [4.78, 5) is 3.90. The normalized spacial score (nSPS) is 11.3. The van der Waals surface area contributed by atoms with E-state index in [4.69, 9.17) is 17.3 Å². The summed E-state index contributed by atoms with van der Waals surface area (Å²) < 4.78 is 26.6. The molecule has 0 unspecified atom stereocenters. The van der Waals surface area contributed by atoms with Crippen molar-refractivity contribution in [2.45, 2.75) is 12.7 Å². The SMILES string of the molecule is Cc1cc(NS(=O)(=O)Cc2cccc(N)c2)cnc1Cl. The Kier molecular flexibility index (Phi) is 4.15. The Bertz CT molecular complexity index is 732. The zero-order valence-electron chi connectivity index (χ0n) is 10.8. The van der Waals surface area contributed by atoms with E-state index in [0.29, 0.717) is 27.7 Å². The van der Waals surface area contributed by atoms with Crippen LogP contribution in [0.3, 0.4) is 0 Å². The molecule has 0 aliphatic rings. The number of hydrogen-bond acceptors (Lipinski definition) is 4. The minimum absolute atomic E-state index is 0.153. The predicted molar refractivity (Wildman–Crippen MR) is 81.1 cm³/mol. The molecular formula is C13H14ClN3O2S. The summed E-state index contributed by atoms with van der Waals surface area (Å²) in [5.74, 6) is -0.153. The highest BCUT2D eigenvalue weighted by atomic mass is 35.5. The van der Waals surface area contributed by atoms with E-state index in [9.17, 15) is 8.42 Å². The van der Waals surface area contributed by atoms with E-state index in [1.54, 1.807) is 37.3 Å². The third-order valence-electron chi connectivity index (χ3n) is 2.60. The zero-order chi connectivity index (χ0) is 14.8. The van der Waals surface area contributed by atoms with E-state index in [2.05, 4.69) is 9.71 Å². The molecule has 1 aromatic carbocycles. The van der Waals surface area contributed by atoms with Crippen LogP contribution in [0.5, 0.6) is 0 Å². The van der Waals surface area contributed by atoms with Crippen molar-refractivity contribution in [3.05, 3.63) is 52.8 Å². The number of aryl methyl sites for hydroxylation is 1. The molecule has 106 valence electrons. The van der Waals surface area contributed by atoms with Gasteiger partial charge in [0.05, 0.1) is 17.6 Å². The molecular weight excluding hydrogens is 298 g/mol. The molecule has 0 spiro atoms. The topological polar surface area (TPSA) is 85.1 Å². The van der Waals surface area contributed by atoms with Gasteiger partial charge in [-0.2, -0.15) is 0 Å². The van der Waals surface area contributed by atoms with Crippen LogP contribution >= 0.6 is 11.6 Å². The number of sulfonamides is 1. The van der Waals surface area contributed by atoms with E-state index < -0.39 is 10.0 Å². The van der Waals surface area contributed by atoms with Gasteiger partial charge in [-0.3, -0.25) is 4.72 Å². The number of nitrogens with one attached hydrogen (secondary N) is 1. The van der Waals surface area contributed by atoms with Gasteiger partial charge in [-0.15, -0.1) is 0 Å². The third-order valence-corrected chi connectivity index (χ3v) is 4.25.